The number of nitro benzene ring substituents is 1. The predicted molar refractivity (Wildman–Crippen MR) is 114 cm³/mol. The molecule has 4 N–H and O–H groups in total. The van der Waals surface area contributed by atoms with Crippen LogP contribution < -0.4 is 21.3 Å². The minimum absolute atomic E-state index is 0.0259. The Kier molecular flexibility index (Phi) is 5.39. The van der Waals surface area contributed by atoms with Crippen LogP contribution in [0.15, 0.2) is 18.2 Å². The number of anilines is 4. The molecule has 1 amide bonds. The largest absolute Gasteiger partial charge is 0.393 e. The van der Waals surface area contributed by atoms with E-state index in [4.69, 9.17) is 10.7 Å². The lowest BCUT2D eigenvalue weighted by atomic mass is 10.0. The maximum Gasteiger partial charge on any atom is 0.294 e. The van der Waals surface area contributed by atoms with E-state index >= 15 is 0 Å². The summed E-state index contributed by atoms with van der Waals surface area (Å²) in [7, 11) is 0. The predicted octanol–water partition coefficient (Wildman–Crippen LogP) is 2.30. The highest BCUT2D eigenvalue weighted by Gasteiger charge is 2.27. The second-order valence-corrected chi connectivity index (χ2v) is 7.79. The second-order valence-electron chi connectivity index (χ2n) is 7.79. The van der Waals surface area contributed by atoms with Gasteiger partial charge in [-0.3, -0.25) is 14.9 Å². The van der Waals surface area contributed by atoms with Gasteiger partial charge in [-0.2, -0.15) is 4.98 Å². The van der Waals surface area contributed by atoms with E-state index in [0.29, 0.717) is 18.2 Å². The highest BCUT2D eigenvalue weighted by molar-refractivity contribution is 5.73. The third-order valence-electron chi connectivity index (χ3n) is 5.52. The lowest BCUT2D eigenvalue weighted by Gasteiger charge is -2.35. The molecule has 0 saturated carbocycles. The molecule has 30 heavy (non-hydrogen) atoms. The molecular formula is C20H25N7O3. The summed E-state index contributed by atoms with van der Waals surface area (Å²) < 4.78 is 0. The Bertz CT molecular complexity index is 995. The number of hydrogen-bond acceptors (Lipinski definition) is 8. The molecule has 1 fully saturated rings. The van der Waals surface area contributed by atoms with E-state index in [-0.39, 0.29) is 23.3 Å². The summed E-state index contributed by atoms with van der Waals surface area (Å²) in [5.41, 5.74) is 8.32. The van der Waals surface area contributed by atoms with Gasteiger partial charge in [-0.1, -0.05) is 0 Å². The highest BCUT2D eigenvalue weighted by Crippen LogP contribution is 2.33. The minimum atomic E-state index is -0.509. The maximum absolute atomic E-state index is 11.5. The van der Waals surface area contributed by atoms with Crippen molar-refractivity contribution in [1.29, 1.82) is 0 Å². The first kappa shape index (κ1) is 19.9. The zero-order chi connectivity index (χ0) is 21.3. The van der Waals surface area contributed by atoms with Crippen LogP contribution in [0.25, 0.3) is 0 Å². The molecule has 4 rings (SSSR count). The Labute approximate surface area is 174 Å². The van der Waals surface area contributed by atoms with E-state index < -0.39 is 4.92 Å². The molecule has 0 bridgehead atoms. The number of rotatable bonds is 5. The molecule has 158 valence electrons. The number of amides is 1. The standard InChI is InChI=1S/C20H25N7O3/c1-12(28)22-14-4-3-9-26(11-14)19-15-5-2-6-17(15)24-20(25-19)23-13-7-8-16(21)18(10-13)27(29)30/h7-8,10,14H,2-6,9,11,21H2,1H3,(H,22,28)(H,23,24,25). The van der Waals surface area contributed by atoms with Gasteiger partial charge in [0.2, 0.25) is 11.9 Å². The third kappa shape index (κ3) is 4.12. The fraction of sp³-hybridized carbons (Fsp3) is 0.450. The molecule has 1 saturated heterocycles. The molecule has 1 aliphatic heterocycles. The van der Waals surface area contributed by atoms with E-state index in [2.05, 4.69) is 20.5 Å². The molecule has 2 aliphatic rings. The molecule has 1 aliphatic carbocycles. The maximum atomic E-state index is 11.5. The zero-order valence-corrected chi connectivity index (χ0v) is 16.9. The van der Waals surface area contributed by atoms with Crippen molar-refractivity contribution < 1.29 is 9.72 Å². The number of aromatic nitrogens is 2. The van der Waals surface area contributed by atoms with E-state index in [1.54, 1.807) is 6.07 Å². The summed E-state index contributed by atoms with van der Waals surface area (Å²) in [5, 5.41) is 17.3. The van der Waals surface area contributed by atoms with E-state index in [1.165, 1.54) is 19.1 Å². The summed E-state index contributed by atoms with van der Waals surface area (Å²) in [6, 6.07) is 4.66. The van der Waals surface area contributed by atoms with Gasteiger partial charge < -0.3 is 21.3 Å². The van der Waals surface area contributed by atoms with Gasteiger partial charge in [-0.05, 0) is 44.2 Å². The van der Waals surface area contributed by atoms with Crippen LogP contribution in [0.2, 0.25) is 0 Å². The van der Waals surface area contributed by atoms with Crippen LogP contribution in [0.1, 0.15) is 37.4 Å². The SMILES string of the molecule is CC(=O)NC1CCCN(c2nc(Nc3ccc(N)c([N+](=O)[O-])c3)nc3c2CCC3)C1. The number of nitrogens with one attached hydrogen (secondary N) is 2. The lowest BCUT2D eigenvalue weighted by molar-refractivity contribution is -0.383. The molecule has 1 atom stereocenters. The Morgan fingerprint density at radius 2 is 2.13 bits per heavy atom. The number of piperidine rings is 1. The van der Waals surface area contributed by atoms with Gasteiger partial charge >= 0.3 is 0 Å². The number of fused-ring (bicyclic) bond motifs is 1. The third-order valence-corrected chi connectivity index (χ3v) is 5.52. The molecule has 2 heterocycles. The van der Waals surface area contributed by atoms with Crippen molar-refractivity contribution >= 4 is 34.7 Å². The summed E-state index contributed by atoms with van der Waals surface area (Å²) in [6.07, 6.45) is 4.75. The molecule has 10 nitrogen and oxygen atoms in total. The summed E-state index contributed by atoms with van der Waals surface area (Å²) in [5.74, 6) is 1.27. The first-order chi connectivity index (χ1) is 14.4. The first-order valence-corrected chi connectivity index (χ1v) is 10.1. The average Bonchev–Trinajstić information content (AvgIpc) is 3.17. The fourth-order valence-corrected chi connectivity index (χ4v) is 4.21. The Morgan fingerprint density at radius 1 is 1.30 bits per heavy atom. The molecule has 1 unspecified atom stereocenters. The molecule has 2 aromatic rings. The van der Waals surface area contributed by atoms with Crippen molar-refractivity contribution in [2.24, 2.45) is 0 Å². The van der Waals surface area contributed by atoms with Crippen LogP contribution in [0.4, 0.5) is 28.8 Å². The van der Waals surface area contributed by atoms with Crippen LogP contribution in [-0.2, 0) is 17.6 Å². The number of nitrogens with two attached hydrogens (primary N) is 1. The fourth-order valence-electron chi connectivity index (χ4n) is 4.21. The minimum Gasteiger partial charge on any atom is -0.393 e. The Balaban J connectivity index is 1.63. The smallest absolute Gasteiger partial charge is 0.294 e. The Morgan fingerprint density at radius 3 is 2.90 bits per heavy atom. The van der Waals surface area contributed by atoms with Gasteiger partial charge in [0.1, 0.15) is 11.5 Å². The van der Waals surface area contributed by atoms with Crippen LogP contribution >= 0.6 is 0 Å². The van der Waals surface area contributed by atoms with E-state index in [9.17, 15) is 14.9 Å². The van der Waals surface area contributed by atoms with Crippen LogP contribution in [0.3, 0.4) is 0 Å². The van der Waals surface area contributed by atoms with Crippen LogP contribution in [0, 0.1) is 10.1 Å². The van der Waals surface area contributed by atoms with Crippen LogP contribution in [0.5, 0.6) is 0 Å². The number of nitro groups is 1. The topological polar surface area (TPSA) is 139 Å². The van der Waals surface area contributed by atoms with E-state index in [1.807, 2.05) is 0 Å². The van der Waals surface area contributed by atoms with E-state index in [0.717, 1.165) is 55.7 Å². The quantitative estimate of drug-likeness (QED) is 0.387. The van der Waals surface area contributed by atoms with Crippen molar-refractivity contribution in [2.75, 3.05) is 29.0 Å². The number of aryl methyl sites for hydroxylation is 1. The second kappa shape index (κ2) is 8.13. The van der Waals surface area contributed by atoms with Gasteiger partial charge in [-0.15, -0.1) is 0 Å². The van der Waals surface area contributed by atoms with Crippen molar-refractivity contribution in [3.05, 3.63) is 39.6 Å². The van der Waals surface area contributed by atoms with Gasteiger partial charge in [0.15, 0.2) is 0 Å². The van der Waals surface area contributed by atoms with Crippen molar-refractivity contribution in [2.45, 2.75) is 45.1 Å². The summed E-state index contributed by atoms with van der Waals surface area (Å²) in [6.45, 7) is 3.11. The summed E-state index contributed by atoms with van der Waals surface area (Å²) >= 11 is 0. The molecule has 0 radical (unpaired) electrons. The normalized spacial score (nSPS) is 18.0. The number of nitrogen functional groups attached to an aromatic ring is 1. The first-order valence-electron chi connectivity index (χ1n) is 10.1. The molecule has 10 heteroatoms. The van der Waals surface area contributed by atoms with Gasteiger partial charge in [-0.25, -0.2) is 4.98 Å². The number of carbonyl (C=O) groups is 1. The molecular weight excluding hydrogens is 386 g/mol. The number of carbonyl (C=O) groups excluding carboxylic acids is 1. The average molecular weight is 411 g/mol. The molecule has 1 aromatic carbocycles. The highest BCUT2D eigenvalue weighted by atomic mass is 16.6. The summed E-state index contributed by atoms with van der Waals surface area (Å²) in [4.78, 5) is 33.8. The Hall–Kier alpha value is -3.43. The molecule has 0 spiro atoms. The lowest BCUT2D eigenvalue weighted by Crippen LogP contribution is -2.47. The zero-order valence-electron chi connectivity index (χ0n) is 16.9. The monoisotopic (exact) mass is 411 g/mol. The molecule has 1 aromatic heterocycles. The number of nitrogens with zero attached hydrogens (tertiary/aromatic N) is 4. The van der Waals surface area contributed by atoms with Crippen molar-refractivity contribution in [3.63, 3.8) is 0 Å². The van der Waals surface area contributed by atoms with Gasteiger partial charge in [0.05, 0.1) is 10.6 Å². The number of hydrogen-bond donors (Lipinski definition) is 3. The van der Waals surface area contributed by atoms with Crippen molar-refractivity contribution in [1.82, 2.24) is 15.3 Å². The van der Waals surface area contributed by atoms with Gasteiger partial charge in [0.25, 0.3) is 5.69 Å². The van der Waals surface area contributed by atoms with Crippen molar-refractivity contribution in [3.8, 4) is 0 Å². The van der Waals surface area contributed by atoms with Gasteiger partial charge in [0, 0.05) is 43.4 Å². The number of benzene rings is 1. The van der Waals surface area contributed by atoms with Crippen LogP contribution in [-0.4, -0.2) is 39.9 Å².